The zero-order valence-corrected chi connectivity index (χ0v) is 14.6. The van der Waals surface area contributed by atoms with Crippen LogP contribution in [0.25, 0.3) is 0 Å². The molecule has 0 fully saturated rings. The summed E-state index contributed by atoms with van der Waals surface area (Å²) in [4.78, 5) is 0. The van der Waals surface area contributed by atoms with Crippen LogP contribution in [0.2, 0.25) is 0 Å². The van der Waals surface area contributed by atoms with E-state index in [4.69, 9.17) is 75.7 Å². The minimum Gasteiger partial charge on any atom is -0.512 e. The summed E-state index contributed by atoms with van der Waals surface area (Å²) in [7, 11) is 0. The molecule has 1 radical (unpaired) electrons. The van der Waals surface area contributed by atoms with Gasteiger partial charge in [0.1, 0.15) is 0 Å². The summed E-state index contributed by atoms with van der Waals surface area (Å²) in [6.07, 6.45) is 0. The van der Waals surface area contributed by atoms with Gasteiger partial charge in [0.25, 0.3) is 0 Å². The van der Waals surface area contributed by atoms with Crippen LogP contribution >= 0.6 is 0 Å². The Kier molecular flexibility index (Phi) is 12200. The number of rotatable bonds is 2. The van der Waals surface area contributed by atoms with Crippen molar-refractivity contribution in [2.24, 2.45) is 0 Å². The van der Waals surface area contributed by atoms with Crippen molar-refractivity contribution < 1.29 is 41.0 Å². The SMILES string of the molecule is CCOCC.[C-]#N.[C-]#N.[C-]#N.[C-]#N.[C-]#N.[C-]#N.[Co].[Zn]. The third kappa shape index (κ3) is 3540000. The van der Waals surface area contributed by atoms with Crippen molar-refractivity contribution in [1.29, 1.82) is 31.6 Å². The Labute approximate surface area is 139 Å². The van der Waals surface area contributed by atoms with Crippen LogP contribution in [0, 0.1) is 71.0 Å². The number of hydrogen-bond donors (Lipinski definition) is 0. The number of ether oxygens (including phenoxy) is 1. The van der Waals surface area contributed by atoms with Crippen LogP contribution in [-0.4, -0.2) is 13.2 Å². The van der Waals surface area contributed by atoms with Crippen molar-refractivity contribution in [2.75, 3.05) is 13.2 Å². The summed E-state index contributed by atoms with van der Waals surface area (Å²) in [5.74, 6) is 0. The molecule has 0 saturated heterocycles. The van der Waals surface area contributed by atoms with Crippen LogP contribution < -0.4 is 0 Å². The van der Waals surface area contributed by atoms with Gasteiger partial charge in [-0.2, -0.15) is 0 Å². The second-order valence-electron chi connectivity index (χ2n) is 0.781. The maximum atomic E-state index is 6.25. The largest absolute Gasteiger partial charge is 0.512 e. The van der Waals surface area contributed by atoms with Crippen molar-refractivity contribution in [2.45, 2.75) is 13.8 Å². The molecular weight excluding hydrogens is 344 g/mol. The smallest absolute Gasteiger partial charge is 0.0437 e. The van der Waals surface area contributed by atoms with E-state index in [2.05, 4.69) is 0 Å². The maximum Gasteiger partial charge on any atom is 0.0437 e. The van der Waals surface area contributed by atoms with Gasteiger partial charge in [-0.05, 0) is 13.8 Å². The first-order valence-corrected chi connectivity index (χ1v) is 3.33. The molecule has 0 atom stereocenters. The zero-order valence-electron chi connectivity index (χ0n) is 10.5. The summed E-state index contributed by atoms with van der Waals surface area (Å²) < 4.78 is 4.83. The molecule has 0 amide bonds. The molecule has 0 heterocycles. The van der Waals surface area contributed by atoms with E-state index in [9.17, 15) is 0 Å². The molecule has 0 rings (SSSR count). The van der Waals surface area contributed by atoms with Crippen molar-refractivity contribution >= 4 is 0 Å². The molecule has 0 N–H and O–H groups in total. The molecule has 9 heteroatoms. The summed E-state index contributed by atoms with van der Waals surface area (Å²) in [6, 6.07) is 0. The topological polar surface area (TPSA) is 152 Å². The van der Waals surface area contributed by atoms with Crippen molar-refractivity contribution in [1.82, 2.24) is 0 Å². The van der Waals surface area contributed by atoms with E-state index >= 15 is 0 Å². The standard InChI is InChI=1S/C4H10O.6CN.Co.Zn/c1-3-5-4-2;6*1-2;;/h3-4H2,1-2H3;;;;;;;;/q;6*-1;;. The zero-order chi connectivity index (χ0) is 16.1. The summed E-state index contributed by atoms with van der Waals surface area (Å²) >= 11 is 0. The summed E-state index contributed by atoms with van der Waals surface area (Å²) in [5.41, 5.74) is 0. The third-order valence-corrected chi connectivity index (χ3v) is 0.408. The maximum absolute atomic E-state index is 6.25. The molecule has 0 spiro atoms. The van der Waals surface area contributed by atoms with Crippen LogP contribution in [-0.2, 0) is 41.0 Å². The first-order valence-electron chi connectivity index (χ1n) is 3.33. The minimum absolute atomic E-state index is 0. The molecule has 19 heavy (non-hydrogen) atoms. The fourth-order valence-electron chi connectivity index (χ4n) is 0.204. The van der Waals surface area contributed by atoms with Crippen LogP contribution in [0.3, 0.4) is 0 Å². The van der Waals surface area contributed by atoms with E-state index in [0.29, 0.717) is 0 Å². The normalized spacial score (nSPS) is 2.84. The summed E-state index contributed by atoms with van der Waals surface area (Å²) in [6.45, 7) is 34.2. The van der Waals surface area contributed by atoms with Gasteiger partial charge in [-0.25, -0.2) is 0 Å². The van der Waals surface area contributed by atoms with Crippen LogP contribution in [0.1, 0.15) is 13.8 Å². The Balaban J connectivity index is -0.00000000912. The fraction of sp³-hybridized carbons (Fsp3) is 0.400. The van der Waals surface area contributed by atoms with Crippen LogP contribution in [0.4, 0.5) is 0 Å². The van der Waals surface area contributed by atoms with Gasteiger partial charge >= 0.3 is 0 Å². The number of nitrogens with zero attached hydrogens (tertiary/aromatic N) is 6. The minimum atomic E-state index is 0. The van der Waals surface area contributed by atoms with Crippen molar-refractivity contribution in [3.63, 3.8) is 0 Å². The van der Waals surface area contributed by atoms with Gasteiger partial charge < -0.3 is 75.7 Å². The molecule has 7 nitrogen and oxygen atoms in total. The fourth-order valence-corrected chi connectivity index (χ4v) is 0.204. The first kappa shape index (κ1) is 67.9. The predicted octanol–water partition coefficient (Wildman–Crippen LogP) is 1.62. The molecule has 0 aromatic rings. The monoisotopic (exact) mass is 353 g/mol. The van der Waals surface area contributed by atoms with Crippen molar-refractivity contribution in [3.8, 4) is 0 Å². The molecule has 0 aliphatic heterocycles. The molecule has 0 saturated carbocycles. The average Bonchev–Trinajstić information content (AvgIpc) is 2.52. The van der Waals surface area contributed by atoms with Gasteiger partial charge in [0.05, 0.1) is 0 Å². The van der Waals surface area contributed by atoms with Gasteiger partial charge in [0, 0.05) is 49.5 Å². The van der Waals surface area contributed by atoms with Gasteiger partial charge in [-0.1, -0.05) is 0 Å². The Morgan fingerprint density at radius 2 is 0.684 bits per heavy atom. The van der Waals surface area contributed by atoms with E-state index in [1.54, 1.807) is 0 Å². The van der Waals surface area contributed by atoms with Gasteiger partial charge in [-0.15, -0.1) is 0 Å². The average molecular weight is 355 g/mol. The van der Waals surface area contributed by atoms with E-state index in [1.807, 2.05) is 13.8 Å². The van der Waals surface area contributed by atoms with Gasteiger partial charge in [0.15, 0.2) is 0 Å². The molecule has 0 bridgehead atoms. The van der Waals surface area contributed by atoms with Crippen LogP contribution in [0.5, 0.6) is 0 Å². The van der Waals surface area contributed by atoms with E-state index < -0.39 is 0 Å². The van der Waals surface area contributed by atoms with Crippen molar-refractivity contribution in [3.05, 3.63) is 39.4 Å². The first-order chi connectivity index (χ1) is 8.41. The van der Waals surface area contributed by atoms with Gasteiger partial charge in [0.2, 0.25) is 0 Å². The van der Waals surface area contributed by atoms with Gasteiger partial charge in [-0.3, -0.25) is 0 Å². The number of hydrogen-bond acceptors (Lipinski definition) is 7. The molecule has 103 valence electrons. The quantitative estimate of drug-likeness (QED) is 0.539. The molecule has 0 aliphatic carbocycles. The Morgan fingerprint density at radius 3 is 0.684 bits per heavy atom. The second kappa shape index (κ2) is 3410. The Morgan fingerprint density at radius 1 is 0.579 bits per heavy atom. The predicted molar refractivity (Wildman–Crippen MR) is 52.0 cm³/mol. The van der Waals surface area contributed by atoms with E-state index in [0.717, 1.165) is 13.2 Å². The Bertz CT molecular complexity index is 139. The summed E-state index contributed by atoms with van der Waals surface area (Å²) in [5, 5.41) is 37.5. The van der Waals surface area contributed by atoms with E-state index in [-0.39, 0.29) is 36.3 Å². The molecule has 0 aromatic heterocycles. The third-order valence-electron chi connectivity index (χ3n) is 0.408. The molecule has 0 aromatic carbocycles. The van der Waals surface area contributed by atoms with E-state index in [1.165, 1.54) is 0 Å². The Hall–Kier alpha value is -1.97. The molecular formula is C10H10CoN6OZn-6. The molecule has 0 unspecified atom stereocenters. The molecule has 0 aliphatic rings. The second-order valence-corrected chi connectivity index (χ2v) is 0.781. The van der Waals surface area contributed by atoms with Crippen LogP contribution in [0.15, 0.2) is 0 Å².